The Hall–Kier alpha value is -2.26. The molecule has 0 aliphatic carbocycles. The normalized spacial score (nSPS) is 12.5. The van der Waals surface area contributed by atoms with Crippen LogP contribution < -0.4 is 10.5 Å². The van der Waals surface area contributed by atoms with Crippen LogP contribution in [0, 0.1) is 0 Å². The van der Waals surface area contributed by atoms with Gasteiger partial charge in [-0.2, -0.15) is 0 Å². The Bertz CT molecular complexity index is 661. The average molecular weight is 253 g/mol. The zero-order valence-electron chi connectivity index (χ0n) is 10.5. The number of ether oxygens (including phenoxy) is 1. The highest BCUT2D eigenvalue weighted by atomic mass is 16.5. The summed E-state index contributed by atoms with van der Waals surface area (Å²) in [5.41, 5.74) is 5.98. The predicted octanol–water partition coefficient (Wildman–Crippen LogP) is 3.51. The van der Waals surface area contributed by atoms with Crippen LogP contribution in [-0.2, 0) is 0 Å². The van der Waals surface area contributed by atoms with Gasteiger partial charge in [-0.1, -0.05) is 30.3 Å². The van der Waals surface area contributed by atoms with Crippen molar-refractivity contribution >= 4 is 10.8 Å². The van der Waals surface area contributed by atoms with E-state index in [-0.39, 0.29) is 6.04 Å². The van der Waals surface area contributed by atoms with E-state index in [2.05, 4.69) is 12.1 Å². The van der Waals surface area contributed by atoms with Crippen molar-refractivity contribution in [2.45, 2.75) is 6.04 Å². The smallest absolute Gasteiger partial charge is 0.123 e. The van der Waals surface area contributed by atoms with E-state index in [1.165, 1.54) is 5.39 Å². The molecule has 3 rings (SSSR count). The van der Waals surface area contributed by atoms with Crippen LogP contribution in [0.15, 0.2) is 65.3 Å². The number of hydrogen-bond donors (Lipinski definition) is 1. The zero-order valence-corrected chi connectivity index (χ0v) is 10.5. The number of benzene rings is 2. The SMILES string of the molecule is NC(COc1ccc2ccccc2c1)c1ccco1. The third kappa shape index (κ3) is 2.61. The molecule has 0 radical (unpaired) electrons. The van der Waals surface area contributed by atoms with Crippen molar-refractivity contribution in [2.24, 2.45) is 5.73 Å². The van der Waals surface area contributed by atoms with Crippen LogP contribution >= 0.6 is 0 Å². The molecule has 3 heteroatoms. The van der Waals surface area contributed by atoms with Crippen molar-refractivity contribution < 1.29 is 9.15 Å². The maximum Gasteiger partial charge on any atom is 0.123 e. The minimum atomic E-state index is -0.249. The molecule has 0 fully saturated rings. The third-order valence-corrected chi connectivity index (χ3v) is 3.06. The largest absolute Gasteiger partial charge is 0.491 e. The first-order chi connectivity index (χ1) is 9.33. The van der Waals surface area contributed by atoms with Gasteiger partial charge in [0, 0.05) is 0 Å². The summed E-state index contributed by atoms with van der Waals surface area (Å²) < 4.78 is 11.0. The Balaban J connectivity index is 1.71. The van der Waals surface area contributed by atoms with Crippen LogP contribution in [0.2, 0.25) is 0 Å². The molecule has 0 aliphatic heterocycles. The quantitative estimate of drug-likeness (QED) is 0.774. The first-order valence-electron chi connectivity index (χ1n) is 6.23. The Morgan fingerprint density at radius 3 is 2.63 bits per heavy atom. The molecule has 0 spiro atoms. The van der Waals surface area contributed by atoms with Crippen molar-refractivity contribution in [2.75, 3.05) is 6.61 Å². The summed E-state index contributed by atoms with van der Waals surface area (Å²) in [6.45, 7) is 0.395. The summed E-state index contributed by atoms with van der Waals surface area (Å²) in [6, 6.07) is 17.6. The molecule has 1 heterocycles. The van der Waals surface area contributed by atoms with E-state index in [1.807, 2.05) is 42.5 Å². The second kappa shape index (κ2) is 5.16. The van der Waals surface area contributed by atoms with Crippen molar-refractivity contribution in [1.82, 2.24) is 0 Å². The molecule has 2 aromatic carbocycles. The predicted molar refractivity (Wildman–Crippen MR) is 75.1 cm³/mol. The summed E-state index contributed by atoms with van der Waals surface area (Å²) in [6.07, 6.45) is 1.62. The summed E-state index contributed by atoms with van der Waals surface area (Å²) in [5.74, 6) is 1.56. The third-order valence-electron chi connectivity index (χ3n) is 3.06. The summed E-state index contributed by atoms with van der Waals surface area (Å²) in [7, 11) is 0. The van der Waals surface area contributed by atoms with Crippen molar-refractivity contribution in [3.63, 3.8) is 0 Å². The fraction of sp³-hybridized carbons (Fsp3) is 0.125. The molecule has 1 aromatic heterocycles. The van der Waals surface area contributed by atoms with Gasteiger partial charge in [0.25, 0.3) is 0 Å². The molecular weight excluding hydrogens is 238 g/mol. The number of rotatable bonds is 4. The molecule has 2 N–H and O–H groups in total. The second-order valence-electron chi connectivity index (χ2n) is 4.44. The van der Waals surface area contributed by atoms with Crippen molar-refractivity contribution in [3.05, 3.63) is 66.6 Å². The van der Waals surface area contributed by atoms with Gasteiger partial charge in [0.2, 0.25) is 0 Å². The van der Waals surface area contributed by atoms with E-state index < -0.39 is 0 Å². The maximum absolute atomic E-state index is 5.98. The highest BCUT2D eigenvalue weighted by molar-refractivity contribution is 5.83. The number of fused-ring (bicyclic) bond motifs is 1. The highest BCUT2D eigenvalue weighted by Crippen LogP contribution is 2.21. The Morgan fingerprint density at radius 2 is 1.84 bits per heavy atom. The molecule has 0 saturated carbocycles. The van der Waals surface area contributed by atoms with Crippen molar-refractivity contribution in [1.29, 1.82) is 0 Å². The molecule has 96 valence electrons. The lowest BCUT2D eigenvalue weighted by molar-refractivity contribution is 0.273. The van der Waals surface area contributed by atoms with Gasteiger partial charge in [-0.15, -0.1) is 0 Å². The highest BCUT2D eigenvalue weighted by Gasteiger charge is 2.09. The lowest BCUT2D eigenvalue weighted by Crippen LogP contribution is -2.18. The molecule has 0 amide bonds. The van der Waals surface area contributed by atoms with Crippen LogP contribution in [-0.4, -0.2) is 6.61 Å². The molecule has 0 saturated heterocycles. The van der Waals surface area contributed by atoms with E-state index in [0.717, 1.165) is 16.9 Å². The Kier molecular flexibility index (Phi) is 3.21. The summed E-state index contributed by atoms with van der Waals surface area (Å²) in [5, 5.41) is 2.36. The molecule has 0 bridgehead atoms. The van der Waals surface area contributed by atoms with Gasteiger partial charge >= 0.3 is 0 Å². The topological polar surface area (TPSA) is 48.4 Å². The monoisotopic (exact) mass is 253 g/mol. The molecule has 3 nitrogen and oxygen atoms in total. The van der Waals surface area contributed by atoms with Gasteiger partial charge in [-0.05, 0) is 35.0 Å². The zero-order chi connectivity index (χ0) is 13.1. The van der Waals surface area contributed by atoms with E-state index in [1.54, 1.807) is 6.26 Å². The molecule has 3 aromatic rings. The molecule has 0 aliphatic rings. The molecule has 1 unspecified atom stereocenters. The van der Waals surface area contributed by atoms with Gasteiger partial charge in [-0.25, -0.2) is 0 Å². The van der Waals surface area contributed by atoms with Crippen LogP contribution in [0.3, 0.4) is 0 Å². The number of furan rings is 1. The van der Waals surface area contributed by atoms with Gasteiger partial charge < -0.3 is 14.9 Å². The lowest BCUT2D eigenvalue weighted by Gasteiger charge is -2.11. The fourth-order valence-corrected chi connectivity index (χ4v) is 2.03. The minimum Gasteiger partial charge on any atom is -0.491 e. The first-order valence-corrected chi connectivity index (χ1v) is 6.23. The lowest BCUT2D eigenvalue weighted by atomic mass is 10.1. The minimum absolute atomic E-state index is 0.249. The molecule has 1 atom stereocenters. The average Bonchev–Trinajstić information content (AvgIpc) is 2.99. The van der Waals surface area contributed by atoms with Crippen LogP contribution in [0.1, 0.15) is 11.8 Å². The molecular formula is C16H15NO2. The Morgan fingerprint density at radius 1 is 1.00 bits per heavy atom. The van der Waals surface area contributed by atoms with E-state index >= 15 is 0 Å². The number of nitrogens with two attached hydrogens (primary N) is 1. The van der Waals surface area contributed by atoms with Gasteiger partial charge in [0.05, 0.1) is 12.3 Å². The van der Waals surface area contributed by atoms with Crippen LogP contribution in [0.4, 0.5) is 0 Å². The van der Waals surface area contributed by atoms with E-state index in [0.29, 0.717) is 6.61 Å². The van der Waals surface area contributed by atoms with Crippen molar-refractivity contribution in [3.8, 4) is 5.75 Å². The maximum atomic E-state index is 5.98. The molecule has 19 heavy (non-hydrogen) atoms. The second-order valence-corrected chi connectivity index (χ2v) is 4.44. The summed E-state index contributed by atoms with van der Waals surface area (Å²) >= 11 is 0. The van der Waals surface area contributed by atoms with Gasteiger partial charge in [-0.3, -0.25) is 0 Å². The standard InChI is InChI=1S/C16H15NO2/c17-15(16-6-3-9-18-16)11-19-14-8-7-12-4-1-2-5-13(12)10-14/h1-10,15H,11,17H2. The first kappa shape index (κ1) is 11.8. The van der Waals surface area contributed by atoms with E-state index in [4.69, 9.17) is 14.9 Å². The van der Waals surface area contributed by atoms with Crippen LogP contribution in [0.5, 0.6) is 5.75 Å². The van der Waals surface area contributed by atoms with Gasteiger partial charge in [0.1, 0.15) is 18.1 Å². The fourth-order valence-electron chi connectivity index (χ4n) is 2.03. The van der Waals surface area contributed by atoms with Gasteiger partial charge in [0.15, 0.2) is 0 Å². The summed E-state index contributed by atoms with van der Waals surface area (Å²) in [4.78, 5) is 0. The Labute approximate surface area is 111 Å². The van der Waals surface area contributed by atoms with E-state index in [9.17, 15) is 0 Å². The van der Waals surface area contributed by atoms with Crippen LogP contribution in [0.25, 0.3) is 10.8 Å². The number of hydrogen-bond acceptors (Lipinski definition) is 3.